The largest absolute Gasteiger partial charge is 0.393 e. The Balaban J connectivity index is 1.67. The van der Waals surface area contributed by atoms with Gasteiger partial charge in [-0.25, -0.2) is 4.98 Å². The van der Waals surface area contributed by atoms with Crippen molar-refractivity contribution in [2.24, 2.45) is 0 Å². The summed E-state index contributed by atoms with van der Waals surface area (Å²) in [5.74, 6) is 0. The number of imidazole rings is 1. The number of hydrogen-bond acceptors (Lipinski definition) is 3. The van der Waals surface area contributed by atoms with Crippen molar-refractivity contribution >= 4 is 0 Å². The highest BCUT2D eigenvalue weighted by molar-refractivity contribution is 5.04. The van der Waals surface area contributed by atoms with Gasteiger partial charge >= 0.3 is 0 Å². The number of nitrogens with zero attached hydrogens (tertiary/aromatic N) is 3. The molecular weight excluding hydrogens is 238 g/mol. The van der Waals surface area contributed by atoms with E-state index in [4.69, 9.17) is 0 Å². The molecule has 1 saturated carbocycles. The first-order valence-electron chi connectivity index (χ1n) is 7.67. The van der Waals surface area contributed by atoms with Crippen molar-refractivity contribution in [2.75, 3.05) is 6.54 Å². The van der Waals surface area contributed by atoms with E-state index in [1.807, 2.05) is 19.4 Å². The second-order valence-electron chi connectivity index (χ2n) is 6.23. The molecule has 1 aliphatic heterocycles. The summed E-state index contributed by atoms with van der Waals surface area (Å²) in [6.45, 7) is 4.06. The summed E-state index contributed by atoms with van der Waals surface area (Å²) >= 11 is 0. The SMILES string of the molecule is CC(O)CC1CCCCN1Cc1cncn1C1CC1. The van der Waals surface area contributed by atoms with Gasteiger partial charge in [-0.1, -0.05) is 6.42 Å². The third kappa shape index (κ3) is 3.18. The van der Waals surface area contributed by atoms with E-state index in [9.17, 15) is 5.11 Å². The zero-order valence-electron chi connectivity index (χ0n) is 11.8. The van der Waals surface area contributed by atoms with E-state index in [0.717, 1.165) is 19.5 Å². The van der Waals surface area contributed by atoms with E-state index in [1.54, 1.807) is 0 Å². The molecule has 106 valence electrons. The molecule has 1 aromatic rings. The second kappa shape index (κ2) is 5.63. The summed E-state index contributed by atoms with van der Waals surface area (Å²) in [4.78, 5) is 6.87. The van der Waals surface area contributed by atoms with Crippen molar-refractivity contribution in [3.05, 3.63) is 18.2 Å². The quantitative estimate of drug-likeness (QED) is 0.886. The fourth-order valence-corrected chi connectivity index (χ4v) is 3.27. The maximum atomic E-state index is 9.66. The van der Waals surface area contributed by atoms with Crippen molar-refractivity contribution in [2.45, 2.75) is 70.2 Å². The van der Waals surface area contributed by atoms with E-state index in [2.05, 4.69) is 14.5 Å². The third-order valence-corrected chi connectivity index (χ3v) is 4.41. The lowest BCUT2D eigenvalue weighted by Crippen LogP contribution is -2.41. The van der Waals surface area contributed by atoms with Gasteiger partial charge in [0.05, 0.1) is 18.1 Å². The van der Waals surface area contributed by atoms with Gasteiger partial charge in [-0.3, -0.25) is 4.90 Å². The first-order valence-corrected chi connectivity index (χ1v) is 7.67. The maximum Gasteiger partial charge on any atom is 0.0951 e. The summed E-state index contributed by atoms with van der Waals surface area (Å²) in [5, 5.41) is 9.66. The molecule has 19 heavy (non-hydrogen) atoms. The van der Waals surface area contributed by atoms with Gasteiger partial charge < -0.3 is 9.67 Å². The molecule has 2 unspecified atom stereocenters. The molecule has 0 radical (unpaired) electrons. The molecular formula is C15H25N3O. The van der Waals surface area contributed by atoms with Crippen LogP contribution in [0.2, 0.25) is 0 Å². The van der Waals surface area contributed by atoms with Crippen molar-refractivity contribution in [1.82, 2.24) is 14.5 Å². The Labute approximate surface area is 115 Å². The zero-order valence-corrected chi connectivity index (χ0v) is 11.8. The average molecular weight is 263 g/mol. The van der Waals surface area contributed by atoms with Gasteiger partial charge in [0.2, 0.25) is 0 Å². The zero-order chi connectivity index (χ0) is 13.2. The van der Waals surface area contributed by atoms with Crippen LogP contribution in [0.3, 0.4) is 0 Å². The number of piperidine rings is 1. The van der Waals surface area contributed by atoms with Gasteiger partial charge in [-0.15, -0.1) is 0 Å². The van der Waals surface area contributed by atoms with Crippen molar-refractivity contribution < 1.29 is 5.11 Å². The van der Waals surface area contributed by atoms with Crippen LogP contribution in [0.5, 0.6) is 0 Å². The third-order valence-electron chi connectivity index (χ3n) is 4.41. The van der Waals surface area contributed by atoms with Gasteiger partial charge in [0, 0.05) is 24.8 Å². The van der Waals surface area contributed by atoms with Crippen LogP contribution in [-0.2, 0) is 6.54 Å². The average Bonchev–Trinajstić information content (AvgIpc) is 3.12. The number of aromatic nitrogens is 2. The van der Waals surface area contributed by atoms with Crippen LogP contribution in [-0.4, -0.2) is 38.2 Å². The van der Waals surface area contributed by atoms with Crippen LogP contribution in [0.25, 0.3) is 0 Å². The molecule has 2 fully saturated rings. The van der Waals surface area contributed by atoms with Gasteiger partial charge in [-0.2, -0.15) is 0 Å². The van der Waals surface area contributed by atoms with E-state index in [-0.39, 0.29) is 6.10 Å². The Morgan fingerprint density at radius 1 is 1.37 bits per heavy atom. The first-order chi connectivity index (χ1) is 9.24. The smallest absolute Gasteiger partial charge is 0.0951 e. The van der Waals surface area contributed by atoms with Crippen molar-refractivity contribution in [3.8, 4) is 0 Å². The van der Waals surface area contributed by atoms with Crippen LogP contribution in [0.1, 0.15) is 57.2 Å². The Morgan fingerprint density at radius 2 is 2.21 bits per heavy atom. The first kappa shape index (κ1) is 13.1. The Morgan fingerprint density at radius 3 is 2.95 bits per heavy atom. The predicted octanol–water partition coefficient (Wildman–Crippen LogP) is 2.34. The van der Waals surface area contributed by atoms with Crippen LogP contribution in [0.15, 0.2) is 12.5 Å². The van der Waals surface area contributed by atoms with Gasteiger partial charge in [-0.05, 0) is 45.6 Å². The molecule has 2 atom stereocenters. The number of likely N-dealkylation sites (tertiary alicyclic amines) is 1. The van der Waals surface area contributed by atoms with Crippen LogP contribution >= 0.6 is 0 Å². The standard InChI is InChI=1S/C15H25N3O/c1-12(19)8-14-4-2-3-7-17(14)10-15-9-16-11-18(15)13-5-6-13/h9,11-14,19H,2-8,10H2,1H3. The van der Waals surface area contributed by atoms with E-state index in [0.29, 0.717) is 12.1 Å². The second-order valence-corrected chi connectivity index (χ2v) is 6.23. The molecule has 1 aromatic heterocycles. The lowest BCUT2D eigenvalue weighted by atomic mass is 9.97. The Hall–Kier alpha value is -0.870. The lowest BCUT2D eigenvalue weighted by molar-refractivity contribution is 0.0801. The molecule has 0 spiro atoms. The molecule has 2 aliphatic rings. The van der Waals surface area contributed by atoms with Gasteiger partial charge in [0.15, 0.2) is 0 Å². The summed E-state index contributed by atoms with van der Waals surface area (Å²) in [6.07, 6.45) is 11.1. The molecule has 0 aromatic carbocycles. The fraction of sp³-hybridized carbons (Fsp3) is 0.800. The summed E-state index contributed by atoms with van der Waals surface area (Å²) in [6, 6.07) is 1.24. The lowest BCUT2D eigenvalue weighted by Gasteiger charge is -2.36. The van der Waals surface area contributed by atoms with E-state index < -0.39 is 0 Å². The van der Waals surface area contributed by atoms with Crippen LogP contribution < -0.4 is 0 Å². The number of aliphatic hydroxyl groups excluding tert-OH is 1. The molecule has 0 amide bonds. The summed E-state index contributed by atoms with van der Waals surface area (Å²) in [5.41, 5.74) is 1.35. The van der Waals surface area contributed by atoms with Gasteiger partial charge in [0.1, 0.15) is 0 Å². The van der Waals surface area contributed by atoms with E-state index >= 15 is 0 Å². The fourth-order valence-electron chi connectivity index (χ4n) is 3.27. The minimum absolute atomic E-state index is 0.195. The molecule has 2 heterocycles. The summed E-state index contributed by atoms with van der Waals surface area (Å²) in [7, 11) is 0. The number of aliphatic hydroxyl groups is 1. The molecule has 4 nitrogen and oxygen atoms in total. The predicted molar refractivity (Wildman–Crippen MR) is 74.8 cm³/mol. The molecule has 1 aliphatic carbocycles. The highest BCUT2D eigenvalue weighted by Crippen LogP contribution is 2.36. The Kier molecular flexibility index (Phi) is 3.89. The minimum atomic E-state index is -0.195. The molecule has 1 saturated heterocycles. The normalized spacial score (nSPS) is 26.5. The van der Waals surface area contributed by atoms with E-state index in [1.165, 1.54) is 37.8 Å². The molecule has 3 rings (SSSR count). The molecule has 0 bridgehead atoms. The van der Waals surface area contributed by atoms with Crippen molar-refractivity contribution in [3.63, 3.8) is 0 Å². The number of rotatable bonds is 5. The Bertz CT molecular complexity index is 411. The highest BCUT2D eigenvalue weighted by atomic mass is 16.3. The van der Waals surface area contributed by atoms with Gasteiger partial charge in [0.25, 0.3) is 0 Å². The highest BCUT2D eigenvalue weighted by Gasteiger charge is 2.28. The number of hydrogen-bond donors (Lipinski definition) is 1. The monoisotopic (exact) mass is 263 g/mol. The molecule has 4 heteroatoms. The molecule has 1 N–H and O–H groups in total. The topological polar surface area (TPSA) is 41.3 Å². The van der Waals surface area contributed by atoms with Crippen LogP contribution in [0, 0.1) is 0 Å². The van der Waals surface area contributed by atoms with Crippen molar-refractivity contribution in [1.29, 1.82) is 0 Å². The summed E-state index contributed by atoms with van der Waals surface area (Å²) < 4.78 is 2.36. The van der Waals surface area contributed by atoms with Crippen LogP contribution in [0.4, 0.5) is 0 Å². The maximum absolute atomic E-state index is 9.66. The minimum Gasteiger partial charge on any atom is -0.393 e.